The molecular formula is C15H22N2O2. The molecule has 1 aromatic carbocycles. The van der Waals surface area contributed by atoms with Gasteiger partial charge in [0.15, 0.2) is 11.5 Å². The summed E-state index contributed by atoms with van der Waals surface area (Å²) in [5.41, 5.74) is 1.30. The first kappa shape index (κ1) is 12.8. The van der Waals surface area contributed by atoms with Crippen LogP contribution >= 0.6 is 0 Å². The summed E-state index contributed by atoms with van der Waals surface area (Å²) in [6.45, 7) is 6.97. The number of hydrogen-bond donors (Lipinski definition) is 1. The lowest BCUT2D eigenvalue weighted by Gasteiger charge is -2.19. The molecule has 0 spiro atoms. The number of nitrogens with one attached hydrogen (secondary N) is 1. The molecule has 104 valence electrons. The van der Waals surface area contributed by atoms with Crippen molar-refractivity contribution in [3.05, 3.63) is 23.8 Å². The first-order chi connectivity index (χ1) is 9.35. The Hall–Kier alpha value is -1.26. The number of benzene rings is 1. The fourth-order valence-electron chi connectivity index (χ4n) is 2.78. The number of rotatable bonds is 3. The molecule has 4 heteroatoms. The van der Waals surface area contributed by atoms with Crippen molar-refractivity contribution in [3.8, 4) is 11.5 Å². The van der Waals surface area contributed by atoms with Crippen molar-refractivity contribution in [3.63, 3.8) is 0 Å². The zero-order chi connectivity index (χ0) is 13.1. The zero-order valence-electron chi connectivity index (χ0n) is 11.5. The SMILES string of the molecule is CCC1CCN(Cc2ccc3c(c2)OCO3)CCN1. The lowest BCUT2D eigenvalue weighted by atomic mass is 10.1. The average Bonchev–Trinajstić information content (AvgIpc) is 2.77. The van der Waals surface area contributed by atoms with Crippen molar-refractivity contribution >= 4 is 0 Å². The Labute approximate surface area is 114 Å². The van der Waals surface area contributed by atoms with Gasteiger partial charge in [-0.2, -0.15) is 0 Å². The molecule has 3 rings (SSSR count). The third-order valence-corrected chi connectivity index (χ3v) is 3.99. The van der Waals surface area contributed by atoms with E-state index >= 15 is 0 Å². The summed E-state index contributed by atoms with van der Waals surface area (Å²) in [5.74, 6) is 1.75. The van der Waals surface area contributed by atoms with E-state index in [4.69, 9.17) is 9.47 Å². The van der Waals surface area contributed by atoms with Gasteiger partial charge in [0.05, 0.1) is 0 Å². The fraction of sp³-hybridized carbons (Fsp3) is 0.600. The quantitative estimate of drug-likeness (QED) is 0.903. The Bertz CT molecular complexity index is 436. The predicted molar refractivity (Wildman–Crippen MR) is 74.5 cm³/mol. The van der Waals surface area contributed by atoms with E-state index in [0.717, 1.165) is 31.1 Å². The molecule has 2 aliphatic rings. The minimum atomic E-state index is 0.352. The summed E-state index contributed by atoms with van der Waals surface area (Å²) >= 11 is 0. The predicted octanol–water partition coefficient (Wildman–Crippen LogP) is 1.99. The van der Waals surface area contributed by atoms with E-state index in [1.54, 1.807) is 0 Å². The van der Waals surface area contributed by atoms with Gasteiger partial charge in [-0.25, -0.2) is 0 Å². The van der Waals surface area contributed by atoms with E-state index in [-0.39, 0.29) is 0 Å². The maximum absolute atomic E-state index is 5.43. The van der Waals surface area contributed by atoms with Gasteiger partial charge in [0.1, 0.15) is 0 Å². The summed E-state index contributed by atoms with van der Waals surface area (Å²) in [6.07, 6.45) is 2.46. The van der Waals surface area contributed by atoms with Crippen molar-refractivity contribution < 1.29 is 9.47 Å². The summed E-state index contributed by atoms with van der Waals surface area (Å²) in [5, 5.41) is 3.60. The van der Waals surface area contributed by atoms with Gasteiger partial charge in [-0.05, 0) is 30.5 Å². The topological polar surface area (TPSA) is 33.7 Å². The molecule has 1 fully saturated rings. The van der Waals surface area contributed by atoms with E-state index in [1.165, 1.54) is 24.9 Å². The standard InChI is InChI=1S/C15H22N2O2/c1-2-13-5-7-17(8-6-16-13)10-12-3-4-14-15(9-12)19-11-18-14/h3-4,9,13,16H,2,5-8,10-11H2,1H3. The van der Waals surface area contributed by atoms with E-state index < -0.39 is 0 Å². The van der Waals surface area contributed by atoms with Gasteiger partial charge >= 0.3 is 0 Å². The molecule has 2 heterocycles. The highest BCUT2D eigenvalue weighted by molar-refractivity contribution is 5.44. The van der Waals surface area contributed by atoms with Gasteiger partial charge in [-0.15, -0.1) is 0 Å². The normalized spacial score (nSPS) is 23.3. The van der Waals surface area contributed by atoms with Crippen LogP contribution in [0.4, 0.5) is 0 Å². The van der Waals surface area contributed by atoms with Gasteiger partial charge in [0.2, 0.25) is 6.79 Å². The second-order valence-corrected chi connectivity index (χ2v) is 5.31. The molecule has 19 heavy (non-hydrogen) atoms. The van der Waals surface area contributed by atoms with Crippen LogP contribution in [-0.4, -0.2) is 37.4 Å². The first-order valence-corrected chi connectivity index (χ1v) is 7.19. The largest absolute Gasteiger partial charge is 0.454 e. The minimum Gasteiger partial charge on any atom is -0.454 e. The molecule has 1 saturated heterocycles. The molecule has 0 aliphatic carbocycles. The second kappa shape index (κ2) is 5.80. The molecule has 1 N–H and O–H groups in total. The second-order valence-electron chi connectivity index (χ2n) is 5.31. The lowest BCUT2D eigenvalue weighted by molar-refractivity contribution is 0.174. The van der Waals surface area contributed by atoms with Crippen LogP contribution in [0, 0.1) is 0 Å². The molecule has 1 unspecified atom stereocenters. The molecular weight excluding hydrogens is 240 g/mol. The maximum Gasteiger partial charge on any atom is 0.231 e. The van der Waals surface area contributed by atoms with Crippen molar-refractivity contribution in [2.24, 2.45) is 0 Å². The van der Waals surface area contributed by atoms with E-state index in [9.17, 15) is 0 Å². The molecule has 0 saturated carbocycles. The Morgan fingerprint density at radius 1 is 1.26 bits per heavy atom. The molecule has 1 aromatic rings. The minimum absolute atomic E-state index is 0.352. The van der Waals surface area contributed by atoms with Crippen LogP contribution in [0.5, 0.6) is 11.5 Å². The van der Waals surface area contributed by atoms with Crippen LogP contribution in [0.15, 0.2) is 18.2 Å². The van der Waals surface area contributed by atoms with Crippen LogP contribution in [0.25, 0.3) is 0 Å². The van der Waals surface area contributed by atoms with Crippen LogP contribution in [-0.2, 0) is 6.54 Å². The number of fused-ring (bicyclic) bond motifs is 1. The van der Waals surface area contributed by atoms with Gasteiger partial charge in [0.25, 0.3) is 0 Å². The maximum atomic E-state index is 5.43. The van der Waals surface area contributed by atoms with Crippen LogP contribution in [0.1, 0.15) is 25.3 Å². The molecule has 0 bridgehead atoms. The van der Waals surface area contributed by atoms with Crippen molar-refractivity contribution in [2.75, 3.05) is 26.4 Å². The van der Waals surface area contributed by atoms with Crippen LogP contribution < -0.4 is 14.8 Å². The highest BCUT2D eigenvalue weighted by Gasteiger charge is 2.17. The van der Waals surface area contributed by atoms with Crippen LogP contribution in [0.3, 0.4) is 0 Å². The molecule has 0 amide bonds. The molecule has 4 nitrogen and oxygen atoms in total. The number of hydrogen-bond acceptors (Lipinski definition) is 4. The Morgan fingerprint density at radius 2 is 2.16 bits per heavy atom. The van der Waals surface area contributed by atoms with Gasteiger partial charge in [-0.3, -0.25) is 4.90 Å². The molecule has 2 aliphatic heterocycles. The molecule has 0 aromatic heterocycles. The summed E-state index contributed by atoms with van der Waals surface area (Å²) in [6, 6.07) is 6.95. The van der Waals surface area contributed by atoms with Crippen LogP contribution in [0.2, 0.25) is 0 Å². The van der Waals surface area contributed by atoms with Gasteiger partial charge < -0.3 is 14.8 Å². The highest BCUT2D eigenvalue weighted by atomic mass is 16.7. The molecule has 1 atom stereocenters. The smallest absolute Gasteiger partial charge is 0.231 e. The Morgan fingerprint density at radius 3 is 3.05 bits per heavy atom. The third kappa shape index (κ3) is 3.01. The zero-order valence-corrected chi connectivity index (χ0v) is 11.5. The highest BCUT2D eigenvalue weighted by Crippen LogP contribution is 2.32. The van der Waals surface area contributed by atoms with E-state index in [1.807, 2.05) is 6.07 Å². The monoisotopic (exact) mass is 262 g/mol. The lowest BCUT2D eigenvalue weighted by Crippen LogP contribution is -2.29. The summed E-state index contributed by atoms with van der Waals surface area (Å²) in [7, 11) is 0. The van der Waals surface area contributed by atoms with Gasteiger partial charge in [0, 0.05) is 32.2 Å². The Balaban J connectivity index is 1.61. The summed E-state index contributed by atoms with van der Waals surface area (Å²) in [4.78, 5) is 2.51. The van der Waals surface area contributed by atoms with Crippen molar-refractivity contribution in [2.45, 2.75) is 32.4 Å². The van der Waals surface area contributed by atoms with E-state index in [2.05, 4.69) is 29.3 Å². The molecule has 0 radical (unpaired) electrons. The van der Waals surface area contributed by atoms with Gasteiger partial charge in [-0.1, -0.05) is 13.0 Å². The van der Waals surface area contributed by atoms with Crippen molar-refractivity contribution in [1.82, 2.24) is 10.2 Å². The number of nitrogens with zero attached hydrogens (tertiary/aromatic N) is 1. The third-order valence-electron chi connectivity index (χ3n) is 3.99. The average molecular weight is 262 g/mol. The summed E-state index contributed by atoms with van der Waals surface area (Å²) < 4.78 is 10.8. The Kier molecular flexibility index (Phi) is 3.89. The van der Waals surface area contributed by atoms with Crippen molar-refractivity contribution in [1.29, 1.82) is 0 Å². The van der Waals surface area contributed by atoms with E-state index in [0.29, 0.717) is 12.8 Å². The fourth-order valence-corrected chi connectivity index (χ4v) is 2.78. The number of ether oxygens (including phenoxy) is 2. The first-order valence-electron chi connectivity index (χ1n) is 7.19.